The number of esters is 1. The third-order valence-electron chi connectivity index (χ3n) is 5.40. The largest absolute Gasteiger partial charge is 0.458 e. The van der Waals surface area contributed by atoms with Crippen LogP contribution in [0.25, 0.3) is 11.1 Å². The monoisotopic (exact) mass is 437 g/mol. The van der Waals surface area contributed by atoms with Crippen LogP contribution >= 0.6 is 0 Å². The molecule has 2 aromatic rings. The molecule has 0 aliphatic carbocycles. The lowest BCUT2D eigenvalue weighted by molar-refractivity contribution is -0.162. The molecule has 3 rings (SSSR count). The van der Waals surface area contributed by atoms with Gasteiger partial charge in [0.05, 0.1) is 0 Å². The molecule has 0 radical (unpaired) electrons. The summed E-state index contributed by atoms with van der Waals surface area (Å²) in [5.74, 6) is -0.218. The molecular formula is C27H35NO4. The molecule has 0 bridgehead atoms. The molecule has 1 amide bonds. The van der Waals surface area contributed by atoms with E-state index < -0.39 is 23.3 Å². The number of amides is 1. The van der Waals surface area contributed by atoms with Gasteiger partial charge in [-0.15, -0.1) is 0 Å². The van der Waals surface area contributed by atoms with Crippen molar-refractivity contribution in [1.82, 2.24) is 4.90 Å². The van der Waals surface area contributed by atoms with Crippen molar-refractivity contribution in [3.05, 3.63) is 60.2 Å². The Labute approximate surface area is 191 Å². The van der Waals surface area contributed by atoms with Crippen molar-refractivity contribution >= 4 is 12.1 Å². The Morgan fingerprint density at radius 2 is 1.38 bits per heavy atom. The molecule has 5 nitrogen and oxygen atoms in total. The highest BCUT2D eigenvalue weighted by molar-refractivity contribution is 5.82. The predicted octanol–water partition coefficient (Wildman–Crippen LogP) is 6.18. The van der Waals surface area contributed by atoms with E-state index in [0.717, 1.165) is 12.0 Å². The summed E-state index contributed by atoms with van der Waals surface area (Å²) in [6.07, 6.45) is 0.813. The lowest BCUT2D eigenvalue weighted by Gasteiger charge is -2.39. The topological polar surface area (TPSA) is 55.8 Å². The maximum Gasteiger partial charge on any atom is 0.411 e. The minimum atomic E-state index is -0.670. The molecule has 5 heteroatoms. The highest BCUT2D eigenvalue weighted by Gasteiger charge is 2.40. The molecule has 0 saturated carbocycles. The average molecular weight is 438 g/mol. The van der Waals surface area contributed by atoms with Crippen molar-refractivity contribution < 1.29 is 19.1 Å². The van der Waals surface area contributed by atoms with E-state index in [1.54, 1.807) is 0 Å². The zero-order valence-electron chi connectivity index (χ0n) is 20.1. The summed E-state index contributed by atoms with van der Waals surface area (Å²) >= 11 is 0. The molecule has 1 aliphatic rings. The van der Waals surface area contributed by atoms with Crippen LogP contribution in [0.15, 0.2) is 54.6 Å². The Bertz CT molecular complexity index is 923. The van der Waals surface area contributed by atoms with Crippen LogP contribution < -0.4 is 0 Å². The molecule has 2 atom stereocenters. The number of carbonyl (C=O) groups is 2. The Morgan fingerprint density at radius 1 is 0.812 bits per heavy atom. The first kappa shape index (κ1) is 23.8. The van der Waals surface area contributed by atoms with Crippen molar-refractivity contribution in [3.8, 4) is 11.1 Å². The van der Waals surface area contributed by atoms with Gasteiger partial charge in [0.15, 0.2) is 0 Å². The number of ether oxygens (including phenoxy) is 2. The predicted molar refractivity (Wildman–Crippen MR) is 126 cm³/mol. The van der Waals surface area contributed by atoms with E-state index in [4.69, 9.17) is 9.47 Å². The first-order valence-electron chi connectivity index (χ1n) is 11.3. The average Bonchev–Trinajstić information content (AvgIpc) is 2.71. The van der Waals surface area contributed by atoms with Crippen LogP contribution in [0.2, 0.25) is 0 Å². The first-order valence-corrected chi connectivity index (χ1v) is 11.3. The van der Waals surface area contributed by atoms with E-state index in [0.29, 0.717) is 13.0 Å². The van der Waals surface area contributed by atoms with Gasteiger partial charge in [0.2, 0.25) is 0 Å². The van der Waals surface area contributed by atoms with E-state index in [9.17, 15) is 9.59 Å². The van der Waals surface area contributed by atoms with E-state index >= 15 is 0 Å². The Kier molecular flexibility index (Phi) is 6.97. The van der Waals surface area contributed by atoms with Crippen LogP contribution in [0.4, 0.5) is 4.79 Å². The molecule has 0 spiro atoms. The summed E-state index contributed by atoms with van der Waals surface area (Å²) in [4.78, 5) is 27.4. The maximum absolute atomic E-state index is 13.0. The van der Waals surface area contributed by atoms with Crippen LogP contribution in [-0.2, 0) is 14.3 Å². The van der Waals surface area contributed by atoms with Gasteiger partial charge >= 0.3 is 12.1 Å². The molecule has 2 aromatic carbocycles. The van der Waals surface area contributed by atoms with Crippen LogP contribution in [0.5, 0.6) is 0 Å². The molecule has 0 aromatic heterocycles. The zero-order valence-corrected chi connectivity index (χ0v) is 20.1. The van der Waals surface area contributed by atoms with Gasteiger partial charge in [-0.05, 0) is 77.0 Å². The number of hydrogen-bond acceptors (Lipinski definition) is 4. The van der Waals surface area contributed by atoms with Gasteiger partial charge in [-0.2, -0.15) is 0 Å². The second kappa shape index (κ2) is 9.35. The minimum absolute atomic E-state index is 0.163. The molecule has 1 saturated heterocycles. The van der Waals surface area contributed by atoms with Crippen LogP contribution in [0, 0.1) is 0 Å². The van der Waals surface area contributed by atoms with Gasteiger partial charge in [0.1, 0.15) is 17.2 Å². The summed E-state index contributed by atoms with van der Waals surface area (Å²) in [7, 11) is 0. The van der Waals surface area contributed by atoms with Crippen molar-refractivity contribution in [2.24, 2.45) is 0 Å². The molecule has 1 heterocycles. The molecule has 32 heavy (non-hydrogen) atoms. The summed E-state index contributed by atoms with van der Waals surface area (Å²) in [6.45, 7) is 11.4. The second-order valence-corrected chi connectivity index (χ2v) is 10.4. The van der Waals surface area contributed by atoms with Gasteiger partial charge < -0.3 is 9.47 Å². The molecule has 1 fully saturated rings. The maximum atomic E-state index is 13.0. The fourth-order valence-corrected chi connectivity index (χ4v) is 3.98. The highest BCUT2D eigenvalue weighted by Crippen LogP contribution is 2.34. The van der Waals surface area contributed by atoms with Gasteiger partial charge in [-0.25, -0.2) is 9.59 Å². The van der Waals surface area contributed by atoms with Gasteiger partial charge in [-0.1, -0.05) is 54.6 Å². The fourth-order valence-electron chi connectivity index (χ4n) is 3.98. The third kappa shape index (κ3) is 6.35. The highest BCUT2D eigenvalue weighted by atomic mass is 16.6. The zero-order chi connectivity index (χ0) is 23.5. The van der Waals surface area contributed by atoms with Crippen LogP contribution in [0.1, 0.15) is 65.9 Å². The summed E-state index contributed by atoms with van der Waals surface area (Å²) < 4.78 is 11.2. The number of nitrogens with zero attached hydrogens (tertiary/aromatic N) is 1. The van der Waals surface area contributed by atoms with E-state index in [1.165, 1.54) is 16.0 Å². The van der Waals surface area contributed by atoms with E-state index in [2.05, 4.69) is 36.4 Å². The lowest BCUT2D eigenvalue weighted by atomic mass is 9.84. The van der Waals surface area contributed by atoms with Crippen molar-refractivity contribution in [2.75, 3.05) is 6.54 Å². The summed E-state index contributed by atoms with van der Waals surface area (Å²) in [6, 6.07) is 18.1. The number of benzene rings is 2. The van der Waals surface area contributed by atoms with Crippen molar-refractivity contribution in [3.63, 3.8) is 0 Å². The lowest BCUT2D eigenvalue weighted by Crippen LogP contribution is -2.52. The SMILES string of the molecule is CC(C)(C)OC(=O)[C@H]1C[C@@H](c2ccc(-c3ccccc3)cc2)CCN1C(=O)OC(C)(C)C. The Morgan fingerprint density at radius 3 is 1.94 bits per heavy atom. The van der Waals surface area contributed by atoms with E-state index in [-0.39, 0.29) is 11.9 Å². The molecule has 0 N–H and O–H groups in total. The quantitative estimate of drug-likeness (QED) is 0.538. The summed E-state index contributed by atoms with van der Waals surface area (Å²) in [5.41, 5.74) is 2.25. The normalized spacial score (nSPS) is 19.4. The Hall–Kier alpha value is -2.82. The first-order chi connectivity index (χ1) is 14.9. The van der Waals surface area contributed by atoms with Gasteiger partial charge in [0, 0.05) is 6.54 Å². The number of rotatable bonds is 3. The van der Waals surface area contributed by atoms with Crippen molar-refractivity contribution in [2.45, 2.75) is 77.5 Å². The van der Waals surface area contributed by atoms with Crippen LogP contribution in [-0.4, -0.2) is 40.8 Å². The molecule has 1 aliphatic heterocycles. The fraction of sp³-hybridized carbons (Fsp3) is 0.481. The third-order valence-corrected chi connectivity index (χ3v) is 5.40. The molecule has 0 unspecified atom stereocenters. The molecular weight excluding hydrogens is 402 g/mol. The van der Waals surface area contributed by atoms with Gasteiger partial charge in [-0.3, -0.25) is 4.90 Å². The number of piperidine rings is 1. The van der Waals surface area contributed by atoms with E-state index in [1.807, 2.05) is 59.7 Å². The number of carbonyl (C=O) groups excluding carboxylic acids is 2. The number of hydrogen-bond donors (Lipinski definition) is 0. The number of likely N-dealkylation sites (tertiary alicyclic amines) is 1. The summed E-state index contributed by atoms with van der Waals surface area (Å²) in [5, 5.41) is 0. The van der Waals surface area contributed by atoms with Crippen LogP contribution in [0.3, 0.4) is 0 Å². The Balaban J connectivity index is 1.80. The smallest absolute Gasteiger partial charge is 0.411 e. The van der Waals surface area contributed by atoms with Gasteiger partial charge in [0.25, 0.3) is 0 Å². The molecule has 172 valence electrons. The standard InChI is InChI=1S/C27H35NO4/c1-26(2,3)31-24(29)23-18-22(16-17-28(23)25(30)32-27(4,5)6)21-14-12-20(13-15-21)19-10-8-7-9-11-19/h7-15,22-23H,16-18H2,1-6H3/t22-,23+/m0/s1. The van der Waals surface area contributed by atoms with Crippen molar-refractivity contribution in [1.29, 1.82) is 0 Å². The minimum Gasteiger partial charge on any atom is -0.458 e. The second-order valence-electron chi connectivity index (χ2n) is 10.4.